The molecule has 0 aliphatic heterocycles. The molecular weight excluding hydrogens is 214 g/mol. The third kappa shape index (κ3) is 2.28. The SMILES string of the molecule is COc1cc(C#N)c(S(C)(=O)=O)cc1C. The van der Waals surface area contributed by atoms with Gasteiger partial charge in [-0.2, -0.15) is 5.26 Å². The number of nitrogens with zero attached hydrogens (tertiary/aromatic N) is 1. The molecule has 0 spiro atoms. The lowest BCUT2D eigenvalue weighted by molar-refractivity contribution is 0.411. The fourth-order valence-corrected chi connectivity index (χ4v) is 2.17. The molecule has 1 aromatic carbocycles. The molecule has 0 bridgehead atoms. The Morgan fingerprint density at radius 3 is 2.40 bits per heavy atom. The lowest BCUT2D eigenvalue weighted by atomic mass is 10.1. The highest BCUT2D eigenvalue weighted by molar-refractivity contribution is 7.90. The number of methoxy groups -OCH3 is 1. The van der Waals surface area contributed by atoms with E-state index in [0.717, 1.165) is 6.26 Å². The van der Waals surface area contributed by atoms with Crippen molar-refractivity contribution in [3.8, 4) is 11.8 Å². The Bertz CT molecular complexity index is 526. The summed E-state index contributed by atoms with van der Waals surface area (Å²) < 4.78 is 27.8. The summed E-state index contributed by atoms with van der Waals surface area (Å²) in [7, 11) is -1.90. The zero-order valence-electron chi connectivity index (χ0n) is 8.73. The van der Waals surface area contributed by atoms with Gasteiger partial charge in [-0.25, -0.2) is 8.42 Å². The third-order valence-corrected chi connectivity index (χ3v) is 3.15. The van der Waals surface area contributed by atoms with Crippen molar-refractivity contribution in [1.82, 2.24) is 0 Å². The highest BCUT2D eigenvalue weighted by atomic mass is 32.2. The van der Waals surface area contributed by atoms with Crippen molar-refractivity contribution >= 4 is 9.84 Å². The van der Waals surface area contributed by atoms with Crippen LogP contribution >= 0.6 is 0 Å². The molecule has 0 atom stereocenters. The molecule has 0 aromatic heterocycles. The summed E-state index contributed by atoms with van der Waals surface area (Å²) in [5, 5.41) is 8.82. The maximum absolute atomic E-state index is 11.4. The molecular formula is C10H11NO3S. The van der Waals surface area contributed by atoms with Crippen LogP contribution in [0.2, 0.25) is 0 Å². The Hall–Kier alpha value is -1.54. The van der Waals surface area contributed by atoms with Gasteiger partial charge >= 0.3 is 0 Å². The molecule has 0 aliphatic carbocycles. The normalized spacial score (nSPS) is 10.8. The van der Waals surface area contributed by atoms with Gasteiger partial charge < -0.3 is 4.74 Å². The Morgan fingerprint density at radius 2 is 2.00 bits per heavy atom. The van der Waals surface area contributed by atoms with Crippen LogP contribution in [0.15, 0.2) is 17.0 Å². The van der Waals surface area contributed by atoms with Crippen molar-refractivity contribution < 1.29 is 13.2 Å². The zero-order valence-corrected chi connectivity index (χ0v) is 9.55. The van der Waals surface area contributed by atoms with Gasteiger partial charge in [0, 0.05) is 6.26 Å². The number of hydrogen-bond donors (Lipinski definition) is 0. The molecule has 0 N–H and O–H groups in total. The smallest absolute Gasteiger partial charge is 0.176 e. The summed E-state index contributed by atoms with van der Waals surface area (Å²) in [6, 6.07) is 4.73. The molecule has 80 valence electrons. The number of benzene rings is 1. The first-order valence-electron chi connectivity index (χ1n) is 4.19. The van der Waals surface area contributed by atoms with Crippen LogP contribution in [0.3, 0.4) is 0 Å². The van der Waals surface area contributed by atoms with E-state index in [2.05, 4.69) is 0 Å². The molecule has 0 saturated heterocycles. The van der Waals surface area contributed by atoms with E-state index in [1.165, 1.54) is 19.2 Å². The average Bonchev–Trinajstić information content (AvgIpc) is 2.16. The monoisotopic (exact) mass is 225 g/mol. The lowest BCUT2D eigenvalue weighted by Crippen LogP contribution is -2.02. The van der Waals surface area contributed by atoms with E-state index >= 15 is 0 Å². The van der Waals surface area contributed by atoms with Crippen molar-refractivity contribution in [2.24, 2.45) is 0 Å². The van der Waals surface area contributed by atoms with Crippen LogP contribution in [0.25, 0.3) is 0 Å². The first kappa shape index (κ1) is 11.5. The summed E-state index contributed by atoms with van der Waals surface area (Å²) in [4.78, 5) is 0.0447. The van der Waals surface area contributed by atoms with Crippen molar-refractivity contribution in [1.29, 1.82) is 5.26 Å². The molecule has 0 fully saturated rings. The van der Waals surface area contributed by atoms with Gasteiger partial charge in [-0.05, 0) is 24.6 Å². The van der Waals surface area contributed by atoms with Crippen LogP contribution in [-0.4, -0.2) is 21.8 Å². The fourth-order valence-electron chi connectivity index (χ4n) is 1.28. The van der Waals surface area contributed by atoms with Crippen molar-refractivity contribution in [2.75, 3.05) is 13.4 Å². The number of rotatable bonds is 2. The number of aryl methyl sites for hydroxylation is 1. The maximum Gasteiger partial charge on any atom is 0.176 e. The molecule has 5 heteroatoms. The largest absolute Gasteiger partial charge is 0.496 e. The van der Waals surface area contributed by atoms with Crippen LogP contribution in [0.1, 0.15) is 11.1 Å². The Kier molecular flexibility index (Phi) is 3.01. The highest BCUT2D eigenvalue weighted by Crippen LogP contribution is 2.25. The Balaban J connectivity index is 3.57. The van der Waals surface area contributed by atoms with Gasteiger partial charge in [-0.3, -0.25) is 0 Å². The minimum Gasteiger partial charge on any atom is -0.496 e. The third-order valence-electron chi connectivity index (χ3n) is 2.02. The van der Waals surface area contributed by atoms with E-state index in [1.54, 1.807) is 6.92 Å². The van der Waals surface area contributed by atoms with Gasteiger partial charge in [0.05, 0.1) is 17.6 Å². The molecule has 0 saturated carbocycles. The van der Waals surface area contributed by atoms with E-state index in [9.17, 15) is 8.42 Å². The summed E-state index contributed by atoms with van der Waals surface area (Å²) in [6.07, 6.45) is 1.08. The van der Waals surface area contributed by atoms with Gasteiger partial charge in [0.25, 0.3) is 0 Å². The second kappa shape index (κ2) is 3.91. The van der Waals surface area contributed by atoms with Gasteiger partial charge in [-0.15, -0.1) is 0 Å². The van der Waals surface area contributed by atoms with Crippen LogP contribution < -0.4 is 4.74 Å². The van der Waals surface area contributed by atoms with Crippen molar-refractivity contribution in [3.05, 3.63) is 23.3 Å². The fraction of sp³-hybridized carbons (Fsp3) is 0.300. The highest BCUT2D eigenvalue weighted by Gasteiger charge is 2.15. The van der Waals surface area contributed by atoms with E-state index < -0.39 is 9.84 Å². The summed E-state index contributed by atoms with van der Waals surface area (Å²) in [5.41, 5.74) is 0.803. The van der Waals surface area contributed by atoms with Gasteiger partial charge in [-0.1, -0.05) is 0 Å². The second-order valence-corrected chi connectivity index (χ2v) is 5.19. The van der Waals surface area contributed by atoms with E-state index in [4.69, 9.17) is 10.00 Å². The molecule has 0 aliphatic rings. The van der Waals surface area contributed by atoms with Crippen LogP contribution in [0, 0.1) is 18.3 Å². The molecule has 0 heterocycles. The first-order valence-corrected chi connectivity index (χ1v) is 6.08. The second-order valence-electron chi connectivity index (χ2n) is 3.20. The van der Waals surface area contributed by atoms with E-state index in [1.807, 2.05) is 6.07 Å². The maximum atomic E-state index is 11.4. The van der Waals surface area contributed by atoms with Crippen LogP contribution in [-0.2, 0) is 9.84 Å². The minimum absolute atomic E-state index is 0.0447. The zero-order chi connectivity index (χ0) is 11.6. The molecule has 1 aromatic rings. The minimum atomic E-state index is -3.37. The molecule has 0 radical (unpaired) electrons. The lowest BCUT2D eigenvalue weighted by Gasteiger charge is -2.08. The van der Waals surface area contributed by atoms with Crippen LogP contribution in [0.5, 0.6) is 5.75 Å². The number of hydrogen-bond acceptors (Lipinski definition) is 4. The molecule has 0 unspecified atom stereocenters. The predicted molar refractivity (Wildman–Crippen MR) is 55.6 cm³/mol. The van der Waals surface area contributed by atoms with E-state index in [-0.39, 0.29) is 10.5 Å². The topological polar surface area (TPSA) is 67.2 Å². The number of ether oxygens (including phenoxy) is 1. The van der Waals surface area contributed by atoms with E-state index in [0.29, 0.717) is 11.3 Å². The molecule has 0 amide bonds. The summed E-state index contributed by atoms with van der Waals surface area (Å²) in [6.45, 7) is 1.73. The predicted octanol–water partition coefficient (Wildman–Crippen LogP) is 1.28. The van der Waals surface area contributed by atoms with Crippen molar-refractivity contribution in [2.45, 2.75) is 11.8 Å². The first-order chi connectivity index (χ1) is 6.90. The average molecular weight is 225 g/mol. The standard InChI is InChI=1S/C10H11NO3S/c1-7-4-10(15(3,12)13)8(6-11)5-9(7)14-2/h4-5H,1-3H3. The number of sulfone groups is 1. The Labute approximate surface area is 89.0 Å². The van der Waals surface area contributed by atoms with Crippen LogP contribution in [0.4, 0.5) is 0 Å². The molecule has 15 heavy (non-hydrogen) atoms. The quantitative estimate of drug-likeness (QED) is 0.760. The van der Waals surface area contributed by atoms with Gasteiger partial charge in [0.15, 0.2) is 9.84 Å². The van der Waals surface area contributed by atoms with Crippen molar-refractivity contribution in [3.63, 3.8) is 0 Å². The van der Waals surface area contributed by atoms with Gasteiger partial charge in [0.1, 0.15) is 11.8 Å². The number of nitriles is 1. The van der Waals surface area contributed by atoms with Gasteiger partial charge in [0.2, 0.25) is 0 Å². The molecule has 1 rings (SSSR count). The summed E-state index contributed by atoms with van der Waals surface area (Å²) >= 11 is 0. The Morgan fingerprint density at radius 1 is 1.40 bits per heavy atom. The summed E-state index contributed by atoms with van der Waals surface area (Å²) in [5.74, 6) is 0.513. The molecule has 4 nitrogen and oxygen atoms in total.